The lowest BCUT2D eigenvalue weighted by Gasteiger charge is -2.32. The number of carbonyl (C=O) groups excluding carboxylic acids is 2. The minimum Gasteiger partial charge on any atom is -0.465 e. The first-order valence-corrected chi connectivity index (χ1v) is 10.8. The summed E-state index contributed by atoms with van der Waals surface area (Å²) in [5, 5.41) is 6.31. The number of nitrogens with one attached hydrogen (secondary N) is 3. The fourth-order valence-electron chi connectivity index (χ4n) is 3.37. The van der Waals surface area contributed by atoms with Gasteiger partial charge in [-0.25, -0.2) is 4.21 Å². The Hall–Kier alpha value is -2.46. The third kappa shape index (κ3) is 5.37. The van der Waals surface area contributed by atoms with Gasteiger partial charge in [0.25, 0.3) is 17.2 Å². The van der Waals surface area contributed by atoms with Crippen molar-refractivity contribution in [3.63, 3.8) is 0 Å². The summed E-state index contributed by atoms with van der Waals surface area (Å²) >= 11 is 3.67. The molecule has 0 bridgehead atoms. The quantitative estimate of drug-likeness (QED) is 0.379. The predicted octanol–water partition coefficient (Wildman–Crippen LogP) is 2.44. The van der Waals surface area contributed by atoms with Gasteiger partial charge >= 0.3 is 5.97 Å². The van der Waals surface area contributed by atoms with Gasteiger partial charge in [-0.1, -0.05) is 35.9 Å². The molecule has 160 valence electrons. The molecule has 8 nitrogen and oxygen atoms in total. The van der Waals surface area contributed by atoms with Crippen LogP contribution in [-0.4, -0.2) is 39.8 Å². The van der Waals surface area contributed by atoms with E-state index in [0.717, 1.165) is 11.1 Å². The Morgan fingerprint density at radius 2 is 2.07 bits per heavy atom. The molecule has 0 saturated heterocycles. The summed E-state index contributed by atoms with van der Waals surface area (Å²) in [5.41, 5.74) is 2.48. The highest BCUT2D eigenvalue weighted by molar-refractivity contribution is 7.80. The minimum absolute atomic E-state index is 0.175. The van der Waals surface area contributed by atoms with Gasteiger partial charge in [-0.3, -0.25) is 24.2 Å². The molecule has 0 aliphatic carbocycles. The first-order chi connectivity index (χ1) is 14.4. The zero-order valence-electron chi connectivity index (χ0n) is 16.2. The minimum atomic E-state index is -2.31. The molecule has 0 aromatic heterocycles. The lowest BCUT2D eigenvalue weighted by atomic mass is 9.90. The molecule has 2 aromatic rings. The third-order valence-corrected chi connectivity index (χ3v) is 5.44. The van der Waals surface area contributed by atoms with Crippen LogP contribution in [0.25, 0.3) is 0 Å². The van der Waals surface area contributed by atoms with E-state index in [9.17, 15) is 13.8 Å². The standard InChI is InChI=1S/C20H22ClN3O5S/c1-2-29-20(26)17-9-12-5-3-4-6-14(12)18(23-17)11-22-19(25)13-7-8-15(21)16(10-13)24-30(27)28/h3-8,10,17-18,23-24H,2,9,11H2,1H3,(H,22,25)(H,27,28)/t17-,18+/m0/s1. The van der Waals surface area contributed by atoms with Crippen molar-refractivity contribution in [2.75, 3.05) is 17.9 Å². The van der Waals surface area contributed by atoms with Crippen LogP contribution < -0.4 is 15.4 Å². The third-order valence-electron chi connectivity index (χ3n) is 4.72. The Bertz CT molecular complexity index is 971. The largest absolute Gasteiger partial charge is 0.465 e. The number of fused-ring (bicyclic) bond motifs is 1. The van der Waals surface area contributed by atoms with Gasteiger partial charge in [0.1, 0.15) is 6.04 Å². The van der Waals surface area contributed by atoms with E-state index in [2.05, 4.69) is 15.4 Å². The Morgan fingerprint density at radius 1 is 1.30 bits per heavy atom. The molecular weight excluding hydrogens is 430 g/mol. The molecule has 1 aliphatic heterocycles. The molecule has 30 heavy (non-hydrogen) atoms. The first kappa shape index (κ1) is 22.2. The Morgan fingerprint density at radius 3 is 2.80 bits per heavy atom. The second-order valence-corrected chi connectivity index (χ2v) is 7.79. The van der Waals surface area contributed by atoms with Crippen LogP contribution in [-0.2, 0) is 27.2 Å². The number of ether oxygens (including phenoxy) is 1. The summed E-state index contributed by atoms with van der Waals surface area (Å²) in [4.78, 5) is 24.9. The van der Waals surface area contributed by atoms with Gasteiger partial charge in [-0.05, 0) is 42.7 Å². The second kappa shape index (κ2) is 10.0. The number of rotatable bonds is 7. The summed E-state index contributed by atoms with van der Waals surface area (Å²) in [6, 6.07) is 11.4. The topological polar surface area (TPSA) is 117 Å². The number of hydrogen-bond acceptors (Lipinski definition) is 5. The molecule has 1 unspecified atom stereocenters. The van der Waals surface area contributed by atoms with E-state index in [4.69, 9.17) is 20.9 Å². The highest BCUT2D eigenvalue weighted by Gasteiger charge is 2.31. The van der Waals surface area contributed by atoms with Gasteiger partial charge in [-0.15, -0.1) is 0 Å². The number of carbonyl (C=O) groups is 2. The lowest BCUT2D eigenvalue weighted by molar-refractivity contribution is -0.146. The summed E-state index contributed by atoms with van der Waals surface area (Å²) in [6.45, 7) is 2.29. The van der Waals surface area contributed by atoms with Crippen LogP contribution in [0.15, 0.2) is 42.5 Å². The van der Waals surface area contributed by atoms with E-state index in [1.807, 2.05) is 24.3 Å². The smallest absolute Gasteiger partial charge is 0.323 e. The molecule has 3 atom stereocenters. The average molecular weight is 452 g/mol. The van der Waals surface area contributed by atoms with Gasteiger partial charge < -0.3 is 10.1 Å². The van der Waals surface area contributed by atoms with Crippen molar-refractivity contribution in [2.45, 2.75) is 25.4 Å². The number of amides is 1. The van der Waals surface area contributed by atoms with Gasteiger partial charge in [0.15, 0.2) is 0 Å². The van der Waals surface area contributed by atoms with Crippen molar-refractivity contribution in [1.82, 2.24) is 10.6 Å². The number of esters is 1. The summed E-state index contributed by atoms with van der Waals surface area (Å²) in [5.74, 6) is -0.704. The van der Waals surface area contributed by atoms with Crippen molar-refractivity contribution in [2.24, 2.45) is 0 Å². The van der Waals surface area contributed by atoms with Crippen LogP contribution in [0, 0.1) is 0 Å². The monoisotopic (exact) mass is 451 g/mol. The normalized spacial score (nSPS) is 18.8. The first-order valence-electron chi connectivity index (χ1n) is 9.34. The fraction of sp³-hybridized carbons (Fsp3) is 0.300. The van der Waals surface area contributed by atoms with Crippen molar-refractivity contribution in [1.29, 1.82) is 0 Å². The maximum absolute atomic E-state index is 12.6. The van der Waals surface area contributed by atoms with Crippen LogP contribution in [0.5, 0.6) is 0 Å². The van der Waals surface area contributed by atoms with E-state index >= 15 is 0 Å². The van der Waals surface area contributed by atoms with Crippen molar-refractivity contribution in [3.8, 4) is 0 Å². The average Bonchev–Trinajstić information content (AvgIpc) is 2.73. The molecule has 2 aromatic carbocycles. The highest BCUT2D eigenvalue weighted by atomic mass is 35.5. The molecule has 0 radical (unpaired) electrons. The molecule has 4 N–H and O–H groups in total. The molecule has 1 aliphatic rings. The lowest BCUT2D eigenvalue weighted by Crippen LogP contribution is -2.48. The van der Waals surface area contributed by atoms with E-state index < -0.39 is 17.3 Å². The molecule has 0 saturated carbocycles. The van der Waals surface area contributed by atoms with Crippen LogP contribution in [0.4, 0.5) is 5.69 Å². The maximum Gasteiger partial charge on any atom is 0.323 e. The zero-order valence-corrected chi connectivity index (χ0v) is 17.8. The van der Waals surface area contributed by atoms with Crippen molar-refractivity contribution in [3.05, 3.63) is 64.2 Å². The van der Waals surface area contributed by atoms with Crippen molar-refractivity contribution < 1.29 is 23.1 Å². The number of halogens is 1. The van der Waals surface area contributed by atoms with Crippen LogP contribution in [0.3, 0.4) is 0 Å². The SMILES string of the molecule is CCOC(=O)[C@@H]1Cc2ccccc2[C@@H](CNC(=O)c2ccc(Cl)c(NS(=O)O)c2)N1. The molecule has 0 fully saturated rings. The van der Waals surface area contributed by atoms with Gasteiger partial charge in [-0.2, -0.15) is 0 Å². The Balaban J connectivity index is 1.73. The van der Waals surface area contributed by atoms with Gasteiger partial charge in [0, 0.05) is 12.1 Å². The predicted molar refractivity (Wildman–Crippen MR) is 115 cm³/mol. The number of hydrogen-bond donors (Lipinski definition) is 4. The molecule has 3 rings (SSSR count). The molecule has 1 amide bonds. The number of benzene rings is 2. The zero-order chi connectivity index (χ0) is 21.7. The molecule has 0 spiro atoms. The highest BCUT2D eigenvalue weighted by Crippen LogP contribution is 2.26. The van der Waals surface area contributed by atoms with Gasteiger partial charge in [0.2, 0.25) is 0 Å². The number of anilines is 1. The van der Waals surface area contributed by atoms with E-state index in [1.54, 1.807) is 6.92 Å². The molecular formula is C20H22ClN3O5S. The summed E-state index contributed by atoms with van der Waals surface area (Å²) in [6.07, 6.45) is 0.518. The van der Waals surface area contributed by atoms with E-state index in [0.29, 0.717) is 13.0 Å². The van der Waals surface area contributed by atoms with Crippen molar-refractivity contribution >= 4 is 40.4 Å². The van der Waals surface area contributed by atoms with Crippen LogP contribution in [0.2, 0.25) is 5.02 Å². The van der Waals surface area contributed by atoms with Crippen LogP contribution >= 0.6 is 11.6 Å². The van der Waals surface area contributed by atoms with E-state index in [1.165, 1.54) is 18.2 Å². The van der Waals surface area contributed by atoms with E-state index in [-0.39, 0.29) is 40.7 Å². The summed E-state index contributed by atoms with van der Waals surface area (Å²) < 4.78 is 27.4. The Kier molecular flexibility index (Phi) is 7.43. The fourth-order valence-corrected chi connectivity index (χ4v) is 3.95. The maximum atomic E-state index is 12.6. The second-order valence-electron chi connectivity index (χ2n) is 6.68. The molecule has 1 heterocycles. The van der Waals surface area contributed by atoms with Crippen LogP contribution in [0.1, 0.15) is 34.5 Å². The van der Waals surface area contributed by atoms with Gasteiger partial charge in [0.05, 0.1) is 23.4 Å². The summed E-state index contributed by atoms with van der Waals surface area (Å²) in [7, 11) is 0. The Labute approximate surface area is 181 Å². The molecule has 10 heteroatoms.